The van der Waals surface area contributed by atoms with Crippen molar-refractivity contribution in [1.29, 1.82) is 0 Å². The van der Waals surface area contributed by atoms with E-state index in [4.69, 9.17) is 0 Å². The number of likely N-dealkylation sites (tertiary alicyclic amines) is 1. The smallest absolute Gasteiger partial charge is 0.187 e. The zero-order chi connectivity index (χ0) is 14.5. The van der Waals surface area contributed by atoms with E-state index in [1.54, 1.807) is 11.8 Å². The van der Waals surface area contributed by atoms with E-state index in [0.29, 0.717) is 5.41 Å². The van der Waals surface area contributed by atoms with Crippen molar-refractivity contribution in [2.45, 2.75) is 44.3 Å². The molecule has 0 aromatic carbocycles. The van der Waals surface area contributed by atoms with Crippen molar-refractivity contribution in [2.75, 3.05) is 31.9 Å². The summed E-state index contributed by atoms with van der Waals surface area (Å²) < 4.78 is 0. The lowest BCUT2D eigenvalue weighted by Crippen LogP contribution is -2.38. The maximum atomic E-state index is 4.48. The van der Waals surface area contributed by atoms with Gasteiger partial charge in [0.25, 0.3) is 0 Å². The van der Waals surface area contributed by atoms with Gasteiger partial charge in [-0.3, -0.25) is 4.90 Å². The SMILES string of the molecule is CCCSc1ncc(CN2CCC3(CCNCC3)C2)cn1. The van der Waals surface area contributed by atoms with E-state index in [0.717, 1.165) is 17.5 Å². The molecular formula is C16H26N4S. The predicted octanol–water partition coefficient (Wildman–Crippen LogP) is 2.55. The monoisotopic (exact) mass is 306 g/mol. The lowest BCUT2D eigenvalue weighted by Gasteiger charge is -2.33. The fourth-order valence-corrected chi connectivity index (χ4v) is 4.12. The molecule has 116 valence electrons. The van der Waals surface area contributed by atoms with E-state index in [-0.39, 0.29) is 0 Å². The number of nitrogens with zero attached hydrogens (tertiary/aromatic N) is 3. The van der Waals surface area contributed by atoms with E-state index in [2.05, 4.69) is 27.1 Å². The van der Waals surface area contributed by atoms with Crippen LogP contribution in [0.2, 0.25) is 0 Å². The second-order valence-electron chi connectivity index (χ2n) is 6.43. The molecule has 0 bridgehead atoms. The Morgan fingerprint density at radius 1 is 1.24 bits per heavy atom. The average Bonchev–Trinajstić information content (AvgIpc) is 2.89. The average molecular weight is 306 g/mol. The molecule has 3 heterocycles. The zero-order valence-electron chi connectivity index (χ0n) is 13.0. The molecule has 0 unspecified atom stereocenters. The Morgan fingerprint density at radius 3 is 2.71 bits per heavy atom. The van der Waals surface area contributed by atoms with Crippen LogP contribution in [0.5, 0.6) is 0 Å². The van der Waals surface area contributed by atoms with Crippen LogP contribution in [0, 0.1) is 5.41 Å². The number of hydrogen-bond acceptors (Lipinski definition) is 5. The predicted molar refractivity (Wildman–Crippen MR) is 87.5 cm³/mol. The molecule has 1 aromatic heterocycles. The van der Waals surface area contributed by atoms with E-state index in [1.165, 1.54) is 57.4 Å². The van der Waals surface area contributed by atoms with Gasteiger partial charge in [-0.05, 0) is 50.7 Å². The van der Waals surface area contributed by atoms with Gasteiger partial charge in [-0.15, -0.1) is 0 Å². The molecule has 5 heteroatoms. The molecule has 0 radical (unpaired) electrons. The molecule has 2 saturated heterocycles. The quantitative estimate of drug-likeness (QED) is 0.669. The molecule has 0 atom stereocenters. The molecule has 0 saturated carbocycles. The van der Waals surface area contributed by atoms with Gasteiger partial charge in [-0.1, -0.05) is 18.7 Å². The van der Waals surface area contributed by atoms with Crippen LogP contribution in [-0.4, -0.2) is 46.8 Å². The minimum atomic E-state index is 0.586. The van der Waals surface area contributed by atoms with Crippen molar-refractivity contribution in [3.63, 3.8) is 0 Å². The minimum absolute atomic E-state index is 0.586. The van der Waals surface area contributed by atoms with Crippen molar-refractivity contribution in [2.24, 2.45) is 5.41 Å². The Hall–Kier alpha value is -0.650. The van der Waals surface area contributed by atoms with Crippen molar-refractivity contribution >= 4 is 11.8 Å². The summed E-state index contributed by atoms with van der Waals surface area (Å²) in [6.45, 7) is 8.06. The Bertz CT molecular complexity index is 442. The molecule has 3 rings (SSSR count). The van der Waals surface area contributed by atoms with Crippen molar-refractivity contribution < 1.29 is 0 Å². The molecule has 21 heavy (non-hydrogen) atoms. The molecule has 4 nitrogen and oxygen atoms in total. The summed E-state index contributed by atoms with van der Waals surface area (Å²) in [5.41, 5.74) is 1.84. The first-order chi connectivity index (χ1) is 10.3. The first kappa shape index (κ1) is 15.3. The van der Waals surface area contributed by atoms with Crippen molar-refractivity contribution in [3.8, 4) is 0 Å². The van der Waals surface area contributed by atoms with Crippen LogP contribution in [0.1, 0.15) is 38.2 Å². The van der Waals surface area contributed by atoms with Crippen LogP contribution in [-0.2, 0) is 6.54 Å². The van der Waals surface area contributed by atoms with Crippen LogP contribution in [0.3, 0.4) is 0 Å². The maximum absolute atomic E-state index is 4.48. The summed E-state index contributed by atoms with van der Waals surface area (Å²) in [6, 6.07) is 0. The third kappa shape index (κ3) is 3.96. The largest absolute Gasteiger partial charge is 0.317 e. The standard InChI is InChI=1S/C16H26N4S/c1-2-9-21-15-18-10-14(11-19-15)12-20-8-5-16(13-20)3-6-17-7-4-16/h10-11,17H,2-9,12-13H2,1H3. The summed E-state index contributed by atoms with van der Waals surface area (Å²) in [5.74, 6) is 1.10. The molecule has 1 aromatic rings. The molecule has 2 aliphatic rings. The molecule has 0 aliphatic carbocycles. The van der Waals surface area contributed by atoms with Gasteiger partial charge in [0.2, 0.25) is 0 Å². The van der Waals surface area contributed by atoms with Gasteiger partial charge in [-0.2, -0.15) is 0 Å². The van der Waals surface area contributed by atoms with E-state index < -0.39 is 0 Å². The lowest BCUT2D eigenvalue weighted by molar-refractivity contribution is 0.194. The van der Waals surface area contributed by atoms with Gasteiger partial charge in [0, 0.05) is 36.8 Å². The topological polar surface area (TPSA) is 41.1 Å². The summed E-state index contributed by atoms with van der Waals surface area (Å²) in [5, 5.41) is 4.40. The highest BCUT2D eigenvalue weighted by Crippen LogP contribution is 2.38. The van der Waals surface area contributed by atoms with Crippen LogP contribution in [0.15, 0.2) is 17.6 Å². The fourth-order valence-electron chi connectivity index (χ4n) is 3.48. The second-order valence-corrected chi connectivity index (χ2v) is 7.50. The zero-order valence-corrected chi connectivity index (χ0v) is 13.8. The summed E-state index contributed by atoms with van der Waals surface area (Å²) in [7, 11) is 0. The minimum Gasteiger partial charge on any atom is -0.317 e. The first-order valence-electron chi connectivity index (χ1n) is 8.16. The number of nitrogens with one attached hydrogen (secondary N) is 1. The van der Waals surface area contributed by atoms with Crippen LogP contribution >= 0.6 is 11.8 Å². The van der Waals surface area contributed by atoms with Gasteiger partial charge in [0.1, 0.15) is 0 Å². The Morgan fingerprint density at radius 2 is 2.00 bits per heavy atom. The fraction of sp³-hybridized carbons (Fsp3) is 0.750. The molecule has 0 amide bonds. The van der Waals surface area contributed by atoms with Crippen LogP contribution in [0.25, 0.3) is 0 Å². The highest BCUT2D eigenvalue weighted by Gasteiger charge is 2.38. The Balaban J connectivity index is 1.52. The highest BCUT2D eigenvalue weighted by molar-refractivity contribution is 7.99. The molecule has 2 fully saturated rings. The number of piperidine rings is 1. The lowest BCUT2D eigenvalue weighted by atomic mass is 9.78. The number of thioether (sulfide) groups is 1. The van der Waals surface area contributed by atoms with Crippen LogP contribution in [0.4, 0.5) is 0 Å². The third-order valence-corrected chi connectivity index (χ3v) is 5.79. The highest BCUT2D eigenvalue weighted by atomic mass is 32.2. The van der Waals surface area contributed by atoms with Gasteiger partial charge in [-0.25, -0.2) is 9.97 Å². The molecule has 2 aliphatic heterocycles. The normalized spacial score (nSPS) is 22.0. The molecular weight excluding hydrogens is 280 g/mol. The maximum Gasteiger partial charge on any atom is 0.187 e. The number of rotatable bonds is 5. The summed E-state index contributed by atoms with van der Waals surface area (Å²) in [6.07, 6.45) is 9.23. The summed E-state index contributed by atoms with van der Waals surface area (Å²) in [4.78, 5) is 11.5. The summed E-state index contributed by atoms with van der Waals surface area (Å²) >= 11 is 1.75. The number of aromatic nitrogens is 2. The Kier molecular flexibility index (Phi) is 5.14. The van der Waals surface area contributed by atoms with E-state index in [1.807, 2.05) is 12.4 Å². The van der Waals surface area contributed by atoms with Gasteiger partial charge in [0.05, 0.1) is 0 Å². The van der Waals surface area contributed by atoms with Gasteiger partial charge < -0.3 is 5.32 Å². The molecule has 1 N–H and O–H groups in total. The van der Waals surface area contributed by atoms with Crippen molar-refractivity contribution in [1.82, 2.24) is 20.2 Å². The van der Waals surface area contributed by atoms with Gasteiger partial charge in [0.15, 0.2) is 5.16 Å². The Labute approximate surface area is 132 Å². The molecule has 1 spiro atoms. The van der Waals surface area contributed by atoms with E-state index in [9.17, 15) is 0 Å². The van der Waals surface area contributed by atoms with Crippen LogP contribution < -0.4 is 5.32 Å². The first-order valence-corrected chi connectivity index (χ1v) is 9.15. The van der Waals surface area contributed by atoms with Crippen molar-refractivity contribution in [3.05, 3.63) is 18.0 Å². The third-order valence-electron chi connectivity index (χ3n) is 4.70. The second kappa shape index (κ2) is 7.07. The van der Waals surface area contributed by atoms with Gasteiger partial charge >= 0.3 is 0 Å². The van der Waals surface area contributed by atoms with E-state index >= 15 is 0 Å². The number of hydrogen-bond donors (Lipinski definition) is 1.